The van der Waals surface area contributed by atoms with E-state index in [0.717, 1.165) is 17.6 Å². The predicted octanol–water partition coefficient (Wildman–Crippen LogP) is 3.30. The van der Waals surface area contributed by atoms with Crippen molar-refractivity contribution < 1.29 is 0 Å². The molecule has 0 unspecified atom stereocenters. The molecular weight excluding hydrogens is 222 g/mol. The molecule has 1 heterocycles. The van der Waals surface area contributed by atoms with Crippen LogP contribution in [0, 0.1) is 16.7 Å². The SMILES string of the molecule is CC1(C)C(Cn2c(N)nc3ccccc32)C1(C)C. The van der Waals surface area contributed by atoms with Crippen LogP contribution in [0.3, 0.4) is 0 Å². The van der Waals surface area contributed by atoms with Crippen LogP contribution in [0.25, 0.3) is 11.0 Å². The lowest BCUT2D eigenvalue weighted by molar-refractivity contribution is 0.457. The Morgan fingerprint density at radius 3 is 2.39 bits per heavy atom. The first-order valence-electron chi connectivity index (χ1n) is 6.56. The topological polar surface area (TPSA) is 43.8 Å². The molecule has 1 saturated carbocycles. The van der Waals surface area contributed by atoms with Gasteiger partial charge in [-0.2, -0.15) is 0 Å². The van der Waals surface area contributed by atoms with E-state index in [9.17, 15) is 0 Å². The van der Waals surface area contributed by atoms with Crippen molar-refractivity contribution in [2.75, 3.05) is 5.73 Å². The van der Waals surface area contributed by atoms with Gasteiger partial charge in [0.1, 0.15) is 0 Å². The fourth-order valence-corrected chi connectivity index (χ4v) is 3.26. The Labute approximate surface area is 108 Å². The van der Waals surface area contributed by atoms with Crippen molar-refractivity contribution in [3.05, 3.63) is 24.3 Å². The number of rotatable bonds is 2. The zero-order chi connectivity index (χ0) is 13.1. The van der Waals surface area contributed by atoms with Gasteiger partial charge in [0.25, 0.3) is 0 Å². The van der Waals surface area contributed by atoms with E-state index in [4.69, 9.17) is 5.73 Å². The number of para-hydroxylation sites is 2. The summed E-state index contributed by atoms with van der Waals surface area (Å²) in [6.07, 6.45) is 0. The minimum atomic E-state index is 0.380. The summed E-state index contributed by atoms with van der Waals surface area (Å²) in [5.74, 6) is 1.29. The number of hydrogen-bond donors (Lipinski definition) is 1. The van der Waals surface area contributed by atoms with Gasteiger partial charge >= 0.3 is 0 Å². The Balaban J connectivity index is 2.00. The van der Waals surface area contributed by atoms with Crippen LogP contribution < -0.4 is 5.73 Å². The van der Waals surface area contributed by atoms with Crippen molar-refractivity contribution in [2.24, 2.45) is 16.7 Å². The zero-order valence-electron chi connectivity index (χ0n) is 11.6. The van der Waals surface area contributed by atoms with Crippen LogP contribution in [-0.4, -0.2) is 9.55 Å². The first-order valence-corrected chi connectivity index (χ1v) is 6.56. The minimum absolute atomic E-state index is 0.380. The summed E-state index contributed by atoms with van der Waals surface area (Å²) in [7, 11) is 0. The molecule has 2 N–H and O–H groups in total. The van der Waals surface area contributed by atoms with Crippen molar-refractivity contribution in [3.8, 4) is 0 Å². The molecule has 0 spiro atoms. The molecule has 3 rings (SSSR count). The van der Waals surface area contributed by atoms with Crippen molar-refractivity contribution >= 4 is 17.0 Å². The fourth-order valence-electron chi connectivity index (χ4n) is 3.26. The first kappa shape index (κ1) is 11.6. The maximum absolute atomic E-state index is 6.06. The summed E-state index contributed by atoms with van der Waals surface area (Å²) in [5, 5.41) is 0. The standard InChI is InChI=1S/C15H21N3/c1-14(2)12(15(14,3)4)9-18-11-8-6-5-7-10(11)17-13(18)16/h5-8,12H,9H2,1-4H3,(H2,16,17). The van der Waals surface area contributed by atoms with E-state index in [1.165, 1.54) is 0 Å². The lowest BCUT2D eigenvalue weighted by atomic mass is 10.0. The fraction of sp³-hybridized carbons (Fsp3) is 0.533. The third kappa shape index (κ3) is 1.33. The summed E-state index contributed by atoms with van der Waals surface area (Å²) in [6.45, 7) is 10.3. The van der Waals surface area contributed by atoms with Gasteiger partial charge in [-0.3, -0.25) is 0 Å². The van der Waals surface area contributed by atoms with Crippen molar-refractivity contribution in [1.82, 2.24) is 9.55 Å². The quantitative estimate of drug-likeness (QED) is 0.879. The first-order chi connectivity index (χ1) is 8.35. The van der Waals surface area contributed by atoms with Gasteiger partial charge < -0.3 is 10.3 Å². The molecule has 96 valence electrons. The lowest BCUT2D eigenvalue weighted by Gasteiger charge is -2.07. The molecule has 0 bridgehead atoms. The second kappa shape index (κ2) is 3.28. The highest BCUT2D eigenvalue weighted by molar-refractivity contribution is 5.78. The predicted molar refractivity (Wildman–Crippen MR) is 75.2 cm³/mol. The molecule has 1 aromatic carbocycles. The highest BCUT2D eigenvalue weighted by Crippen LogP contribution is 2.69. The molecule has 1 aliphatic carbocycles. The van der Waals surface area contributed by atoms with Crippen molar-refractivity contribution in [2.45, 2.75) is 34.2 Å². The van der Waals surface area contributed by atoms with Crippen LogP contribution in [0.2, 0.25) is 0 Å². The maximum Gasteiger partial charge on any atom is 0.201 e. The zero-order valence-corrected chi connectivity index (χ0v) is 11.6. The summed E-state index contributed by atoms with van der Waals surface area (Å²) in [4.78, 5) is 4.43. The number of nitrogens with zero attached hydrogens (tertiary/aromatic N) is 2. The summed E-state index contributed by atoms with van der Waals surface area (Å²) >= 11 is 0. The largest absolute Gasteiger partial charge is 0.369 e. The molecular formula is C15H21N3. The van der Waals surface area contributed by atoms with Crippen LogP contribution >= 0.6 is 0 Å². The van der Waals surface area contributed by atoms with E-state index < -0.39 is 0 Å². The van der Waals surface area contributed by atoms with E-state index in [1.807, 2.05) is 18.2 Å². The molecule has 1 aliphatic rings. The van der Waals surface area contributed by atoms with E-state index in [1.54, 1.807) is 0 Å². The number of imidazole rings is 1. The Hall–Kier alpha value is -1.51. The Bertz CT molecular complexity index is 593. The molecule has 2 aromatic rings. The number of hydrogen-bond acceptors (Lipinski definition) is 2. The molecule has 0 radical (unpaired) electrons. The molecule has 18 heavy (non-hydrogen) atoms. The van der Waals surface area contributed by atoms with Crippen LogP contribution in [0.1, 0.15) is 27.7 Å². The number of anilines is 1. The van der Waals surface area contributed by atoms with Gasteiger partial charge in [0.05, 0.1) is 11.0 Å². The normalized spacial score (nSPS) is 21.3. The summed E-state index contributed by atoms with van der Waals surface area (Å²) in [5.41, 5.74) is 8.96. The van der Waals surface area contributed by atoms with Gasteiger partial charge in [-0.15, -0.1) is 0 Å². The van der Waals surface area contributed by atoms with E-state index >= 15 is 0 Å². The van der Waals surface area contributed by atoms with Crippen LogP contribution in [-0.2, 0) is 6.54 Å². The monoisotopic (exact) mass is 243 g/mol. The average molecular weight is 243 g/mol. The number of aromatic nitrogens is 2. The highest BCUT2D eigenvalue weighted by atomic mass is 15.2. The van der Waals surface area contributed by atoms with E-state index in [2.05, 4.69) is 43.3 Å². The van der Waals surface area contributed by atoms with Gasteiger partial charge in [-0.25, -0.2) is 4.98 Å². The van der Waals surface area contributed by atoms with E-state index in [-0.39, 0.29) is 0 Å². The second-order valence-electron chi connectivity index (χ2n) is 6.57. The van der Waals surface area contributed by atoms with Crippen molar-refractivity contribution in [3.63, 3.8) is 0 Å². The maximum atomic E-state index is 6.06. The van der Waals surface area contributed by atoms with Gasteiger partial charge in [0.15, 0.2) is 0 Å². The number of fused-ring (bicyclic) bond motifs is 1. The Morgan fingerprint density at radius 1 is 1.17 bits per heavy atom. The Kier molecular flexibility index (Phi) is 2.11. The Morgan fingerprint density at radius 2 is 1.78 bits per heavy atom. The van der Waals surface area contributed by atoms with E-state index in [0.29, 0.717) is 22.7 Å². The third-order valence-electron chi connectivity index (χ3n) is 5.37. The van der Waals surface area contributed by atoms with Crippen molar-refractivity contribution in [1.29, 1.82) is 0 Å². The average Bonchev–Trinajstić information content (AvgIpc) is 2.57. The number of nitrogens with two attached hydrogens (primary N) is 1. The molecule has 1 fully saturated rings. The second-order valence-corrected chi connectivity index (χ2v) is 6.57. The molecule has 1 aromatic heterocycles. The van der Waals surface area contributed by atoms with Crippen LogP contribution in [0.5, 0.6) is 0 Å². The number of benzene rings is 1. The smallest absolute Gasteiger partial charge is 0.201 e. The van der Waals surface area contributed by atoms with Crippen LogP contribution in [0.4, 0.5) is 5.95 Å². The minimum Gasteiger partial charge on any atom is -0.369 e. The molecule has 3 heteroatoms. The summed E-state index contributed by atoms with van der Waals surface area (Å²) < 4.78 is 2.16. The lowest BCUT2D eigenvalue weighted by Crippen LogP contribution is -2.07. The molecule has 0 aliphatic heterocycles. The number of nitrogen functional groups attached to an aromatic ring is 1. The van der Waals surface area contributed by atoms with Gasteiger partial charge in [0, 0.05) is 6.54 Å². The van der Waals surface area contributed by atoms with Gasteiger partial charge in [-0.1, -0.05) is 39.8 Å². The molecule has 0 atom stereocenters. The van der Waals surface area contributed by atoms with Crippen LogP contribution in [0.15, 0.2) is 24.3 Å². The van der Waals surface area contributed by atoms with Gasteiger partial charge in [0.2, 0.25) is 5.95 Å². The van der Waals surface area contributed by atoms with Gasteiger partial charge in [-0.05, 0) is 28.9 Å². The molecule has 0 saturated heterocycles. The summed E-state index contributed by atoms with van der Waals surface area (Å²) in [6, 6.07) is 8.17. The molecule has 3 nitrogen and oxygen atoms in total. The molecule has 0 amide bonds. The third-order valence-corrected chi connectivity index (χ3v) is 5.37. The highest BCUT2D eigenvalue weighted by Gasteiger charge is 2.64.